The Morgan fingerprint density at radius 3 is 2.48 bits per heavy atom. The normalized spacial score (nSPS) is 10.6. The molecule has 0 saturated heterocycles. The van der Waals surface area contributed by atoms with Crippen LogP contribution in [0.1, 0.15) is 10.4 Å². The molecule has 9 heteroatoms. The van der Waals surface area contributed by atoms with Gasteiger partial charge in [0.25, 0.3) is 11.6 Å². The number of nitro benzene ring substituents is 1. The number of rotatable bonds is 5. The van der Waals surface area contributed by atoms with E-state index in [0.29, 0.717) is 22.5 Å². The number of aromatic nitrogens is 2. The molecule has 1 heterocycles. The number of para-hydroxylation sites is 1. The highest BCUT2D eigenvalue weighted by atomic mass is 16.6. The fourth-order valence-electron chi connectivity index (χ4n) is 2.82. The van der Waals surface area contributed by atoms with Crippen LogP contribution in [0.2, 0.25) is 0 Å². The number of benzene rings is 3. The van der Waals surface area contributed by atoms with Crippen molar-refractivity contribution in [2.45, 2.75) is 0 Å². The largest absolute Gasteiger partial charge is 0.457 e. The number of aromatic amines is 2. The SMILES string of the molecule is O=C(Nc1ccc2[nH]c(=O)[nH]c2c1)c1cc([N+](=O)[O-])ccc1Oc1ccccc1. The molecule has 1 aromatic heterocycles. The number of fused-ring (bicyclic) bond motifs is 1. The van der Waals surface area contributed by atoms with Crippen LogP contribution in [0.3, 0.4) is 0 Å². The molecule has 29 heavy (non-hydrogen) atoms. The number of nitrogens with zero attached hydrogens (tertiary/aromatic N) is 1. The summed E-state index contributed by atoms with van der Waals surface area (Å²) in [5, 5.41) is 13.8. The number of H-pyrrole nitrogens is 2. The molecule has 0 aliphatic rings. The summed E-state index contributed by atoms with van der Waals surface area (Å²) < 4.78 is 5.74. The molecule has 0 spiro atoms. The van der Waals surface area contributed by atoms with Crippen molar-refractivity contribution in [3.05, 3.63) is 92.9 Å². The summed E-state index contributed by atoms with van der Waals surface area (Å²) in [5.74, 6) is 0.0778. The molecule has 0 fully saturated rings. The van der Waals surface area contributed by atoms with E-state index in [0.717, 1.165) is 6.07 Å². The Bertz CT molecular complexity index is 1280. The van der Waals surface area contributed by atoms with Gasteiger partial charge in [-0.1, -0.05) is 18.2 Å². The maximum atomic E-state index is 12.8. The number of anilines is 1. The minimum atomic E-state index is -0.586. The second-order valence-corrected chi connectivity index (χ2v) is 6.15. The molecular weight excluding hydrogens is 376 g/mol. The zero-order valence-corrected chi connectivity index (χ0v) is 14.8. The summed E-state index contributed by atoms with van der Waals surface area (Å²) in [4.78, 5) is 40.0. The number of hydrogen-bond donors (Lipinski definition) is 3. The van der Waals surface area contributed by atoms with E-state index in [-0.39, 0.29) is 22.7 Å². The predicted octanol–water partition coefficient (Wildman–Crippen LogP) is 3.81. The van der Waals surface area contributed by atoms with Gasteiger partial charge in [-0.15, -0.1) is 0 Å². The third-order valence-electron chi connectivity index (χ3n) is 4.16. The Kier molecular flexibility index (Phi) is 4.54. The first-order valence-corrected chi connectivity index (χ1v) is 8.54. The molecule has 4 aromatic rings. The summed E-state index contributed by atoms with van der Waals surface area (Å²) in [5.41, 5.74) is 0.936. The standard InChI is InChI=1S/C20H14N4O5/c25-19(21-12-6-8-16-17(10-12)23-20(26)22-16)15-11-13(24(27)28)7-9-18(15)29-14-4-2-1-3-5-14/h1-11H,(H,21,25)(H2,22,23,26). The summed E-state index contributed by atoms with van der Waals surface area (Å²) in [6.45, 7) is 0. The smallest absolute Gasteiger partial charge is 0.323 e. The molecule has 0 aliphatic carbocycles. The van der Waals surface area contributed by atoms with E-state index in [2.05, 4.69) is 15.3 Å². The highest BCUT2D eigenvalue weighted by Crippen LogP contribution is 2.29. The molecule has 0 saturated carbocycles. The van der Waals surface area contributed by atoms with E-state index in [9.17, 15) is 19.7 Å². The minimum Gasteiger partial charge on any atom is -0.457 e. The van der Waals surface area contributed by atoms with Gasteiger partial charge >= 0.3 is 5.69 Å². The number of carbonyl (C=O) groups excluding carboxylic acids is 1. The van der Waals surface area contributed by atoms with Crippen LogP contribution in [0, 0.1) is 10.1 Å². The lowest BCUT2D eigenvalue weighted by Gasteiger charge is -2.11. The highest BCUT2D eigenvalue weighted by Gasteiger charge is 2.19. The van der Waals surface area contributed by atoms with E-state index < -0.39 is 10.8 Å². The highest BCUT2D eigenvalue weighted by molar-refractivity contribution is 6.07. The fourth-order valence-corrected chi connectivity index (χ4v) is 2.82. The second-order valence-electron chi connectivity index (χ2n) is 6.15. The van der Waals surface area contributed by atoms with Crippen molar-refractivity contribution in [2.75, 3.05) is 5.32 Å². The first-order valence-electron chi connectivity index (χ1n) is 8.54. The first kappa shape index (κ1) is 18.0. The van der Waals surface area contributed by atoms with E-state index >= 15 is 0 Å². The molecule has 3 N–H and O–H groups in total. The van der Waals surface area contributed by atoms with Crippen molar-refractivity contribution in [1.29, 1.82) is 0 Å². The van der Waals surface area contributed by atoms with Crippen molar-refractivity contribution in [3.63, 3.8) is 0 Å². The van der Waals surface area contributed by atoms with Gasteiger partial charge in [0.1, 0.15) is 11.5 Å². The van der Waals surface area contributed by atoms with Gasteiger partial charge in [-0.2, -0.15) is 0 Å². The Morgan fingerprint density at radius 1 is 0.966 bits per heavy atom. The Hall–Kier alpha value is -4.40. The number of carbonyl (C=O) groups is 1. The number of ether oxygens (including phenoxy) is 1. The molecule has 3 aromatic carbocycles. The van der Waals surface area contributed by atoms with Crippen molar-refractivity contribution in [3.8, 4) is 11.5 Å². The average molecular weight is 390 g/mol. The molecule has 144 valence electrons. The van der Waals surface area contributed by atoms with Crippen LogP contribution in [0.4, 0.5) is 11.4 Å². The van der Waals surface area contributed by atoms with Gasteiger partial charge in [-0.3, -0.25) is 14.9 Å². The van der Waals surface area contributed by atoms with Gasteiger partial charge < -0.3 is 20.0 Å². The minimum absolute atomic E-state index is 0.00529. The average Bonchev–Trinajstić information content (AvgIpc) is 3.08. The second kappa shape index (κ2) is 7.31. The zero-order chi connectivity index (χ0) is 20.4. The van der Waals surface area contributed by atoms with Crippen LogP contribution in [-0.4, -0.2) is 20.8 Å². The number of nitrogens with one attached hydrogen (secondary N) is 3. The summed E-state index contributed by atoms with van der Waals surface area (Å²) in [6.07, 6.45) is 0. The molecule has 0 radical (unpaired) electrons. The van der Waals surface area contributed by atoms with E-state index in [1.54, 1.807) is 42.5 Å². The zero-order valence-electron chi connectivity index (χ0n) is 14.8. The van der Waals surface area contributed by atoms with Crippen molar-refractivity contribution >= 4 is 28.3 Å². The Morgan fingerprint density at radius 2 is 1.72 bits per heavy atom. The lowest BCUT2D eigenvalue weighted by atomic mass is 10.1. The van der Waals surface area contributed by atoms with Crippen LogP contribution >= 0.6 is 0 Å². The van der Waals surface area contributed by atoms with Crippen molar-refractivity contribution < 1.29 is 14.5 Å². The van der Waals surface area contributed by atoms with Gasteiger partial charge in [0, 0.05) is 17.8 Å². The van der Waals surface area contributed by atoms with Crippen molar-refractivity contribution in [2.24, 2.45) is 0 Å². The number of hydrogen-bond acceptors (Lipinski definition) is 5. The van der Waals surface area contributed by atoms with Crippen LogP contribution in [0.25, 0.3) is 11.0 Å². The number of nitro groups is 1. The quantitative estimate of drug-likeness (QED) is 0.352. The van der Waals surface area contributed by atoms with Gasteiger partial charge in [-0.05, 0) is 36.4 Å². The monoisotopic (exact) mass is 390 g/mol. The molecule has 0 atom stereocenters. The molecule has 1 amide bonds. The van der Waals surface area contributed by atoms with Gasteiger partial charge in [0.2, 0.25) is 0 Å². The first-order chi connectivity index (χ1) is 14.0. The molecular formula is C20H14N4O5. The van der Waals surface area contributed by atoms with E-state index in [1.807, 2.05) is 6.07 Å². The lowest BCUT2D eigenvalue weighted by molar-refractivity contribution is -0.384. The Balaban J connectivity index is 1.68. The third kappa shape index (κ3) is 3.83. The molecule has 0 bridgehead atoms. The van der Waals surface area contributed by atoms with Crippen LogP contribution in [0.15, 0.2) is 71.5 Å². The molecule has 4 rings (SSSR count). The molecule has 9 nitrogen and oxygen atoms in total. The number of amides is 1. The summed E-state index contributed by atoms with van der Waals surface area (Å²) in [6, 6.07) is 17.4. The predicted molar refractivity (Wildman–Crippen MR) is 106 cm³/mol. The molecule has 0 unspecified atom stereocenters. The van der Waals surface area contributed by atoms with Gasteiger partial charge in [0.05, 0.1) is 21.5 Å². The van der Waals surface area contributed by atoms with E-state index in [1.165, 1.54) is 12.1 Å². The van der Waals surface area contributed by atoms with Crippen molar-refractivity contribution in [1.82, 2.24) is 9.97 Å². The Labute approximate surface area is 163 Å². The lowest BCUT2D eigenvalue weighted by Crippen LogP contribution is -2.13. The molecule has 0 aliphatic heterocycles. The summed E-state index contributed by atoms with van der Waals surface area (Å²) in [7, 11) is 0. The maximum absolute atomic E-state index is 12.8. The van der Waals surface area contributed by atoms with Crippen LogP contribution in [0.5, 0.6) is 11.5 Å². The third-order valence-corrected chi connectivity index (χ3v) is 4.16. The maximum Gasteiger partial charge on any atom is 0.323 e. The van der Waals surface area contributed by atoms with Gasteiger partial charge in [0.15, 0.2) is 0 Å². The number of imidazole rings is 1. The van der Waals surface area contributed by atoms with E-state index in [4.69, 9.17) is 4.74 Å². The fraction of sp³-hybridized carbons (Fsp3) is 0. The van der Waals surface area contributed by atoms with Crippen LogP contribution < -0.4 is 15.7 Å². The topological polar surface area (TPSA) is 130 Å². The van der Waals surface area contributed by atoms with Crippen LogP contribution in [-0.2, 0) is 0 Å². The van der Waals surface area contributed by atoms with Gasteiger partial charge in [-0.25, -0.2) is 4.79 Å². The summed E-state index contributed by atoms with van der Waals surface area (Å²) >= 11 is 0. The number of non-ortho nitro benzene ring substituents is 1.